The second-order valence-electron chi connectivity index (χ2n) is 10.7. The first kappa shape index (κ1) is 24.8. The first-order valence-corrected chi connectivity index (χ1v) is 12.2. The summed E-state index contributed by atoms with van der Waals surface area (Å²) in [4.78, 5) is 37.4. The van der Waals surface area contributed by atoms with E-state index in [1.807, 2.05) is 38.1 Å². The molecule has 0 saturated heterocycles. The monoisotopic (exact) mass is 478 g/mol. The maximum absolute atomic E-state index is 13.0. The smallest absolute Gasteiger partial charge is 0.407 e. The number of hydrogen-bond acceptors (Lipinski definition) is 4. The molecule has 0 aromatic heterocycles. The molecule has 2 amide bonds. The van der Waals surface area contributed by atoms with Gasteiger partial charge in [-0.05, 0) is 54.9 Å². The van der Waals surface area contributed by atoms with Crippen molar-refractivity contribution in [3.63, 3.8) is 0 Å². The summed E-state index contributed by atoms with van der Waals surface area (Å²) >= 11 is 0. The lowest BCUT2D eigenvalue weighted by molar-refractivity contribution is -0.143. The van der Waals surface area contributed by atoms with E-state index in [4.69, 9.17) is 4.74 Å². The van der Waals surface area contributed by atoms with Crippen LogP contribution in [0.4, 0.5) is 4.79 Å². The van der Waals surface area contributed by atoms with Crippen LogP contribution < -0.4 is 10.6 Å². The largest absolute Gasteiger partial charge is 0.481 e. The zero-order chi connectivity index (χ0) is 25.4. The van der Waals surface area contributed by atoms with Gasteiger partial charge < -0.3 is 20.5 Å². The Hall–Kier alpha value is -3.35. The van der Waals surface area contributed by atoms with E-state index in [9.17, 15) is 19.5 Å². The Labute approximate surface area is 206 Å². The van der Waals surface area contributed by atoms with E-state index in [1.165, 1.54) is 0 Å². The Morgan fingerprint density at radius 1 is 1.03 bits per heavy atom. The van der Waals surface area contributed by atoms with Gasteiger partial charge in [0.25, 0.3) is 0 Å². The molecule has 0 bridgehead atoms. The average molecular weight is 479 g/mol. The number of rotatable bonds is 9. The Kier molecular flexibility index (Phi) is 6.62. The molecule has 2 aromatic carbocycles. The molecule has 35 heavy (non-hydrogen) atoms. The quantitative estimate of drug-likeness (QED) is 0.490. The Balaban J connectivity index is 1.40. The lowest BCUT2D eigenvalue weighted by atomic mass is 9.77. The molecule has 7 nitrogen and oxygen atoms in total. The summed E-state index contributed by atoms with van der Waals surface area (Å²) in [5.41, 5.74) is 2.77. The molecule has 2 aliphatic carbocycles. The minimum atomic E-state index is -0.964. The molecule has 0 radical (unpaired) electrons. The predicted octanol–water partition coefficient (Wildman–Crippen LogP) is 4.56. The maximum Gasteiger partial charge on any atom is 0.407 e. The van der Waals surface area contributed by atoms with Gasteiger partial charge in [0.05, 0.1) is 10.8 Å². The van der Waals surface area contributed by atoms with Crippen molar-refractivity contribution in [2.75, 3.05) is 13.2 Å². The van der Waals surface area contributed by atoms with Crippen molar-refractivity contribution in [1.29, 1.82) is 0 Å². The van der Waals surface area contributed by atoms with Crippen molar-refractivity contribution in [3.05, 3.63) is 59.7 Å². The van der Waals surface area contributed by atoms with E-state index >= 15 is 0 Å². The Bertz CT molecular complexity index is 1090. The van der Waals surface area contributed by atoms with Gasteiger partial charge in [0, 0.05) is 18.5 Å². The first-order valence-electron chi connectivity index (χ1n) is 12.2. The number of hydrogen-bond donors (Lipinski definition) is 3. The molecule has 1 fully saturated rings. The Morgan fingerprint density at radius 3 is 2.06 bits per heavy atom. The Morgan fingerprint density at radius 2 is 1.57 bits per heavy atom. The van der Waals surface area contributed by atoms with Gasteiger partial charge in [-0.1, -0.05) is 62.4 Å². The fraction of sp³-hybridized carbons (Fsp3) is 0.464. The van der Waals surface area contributed by atoms with E-state index in [-0.39, 0.29) is 30.9 Å². The number of nitrogens with one attached hydrogen (secondary N) is 2. The second-order valence-corrected chi connectivity index (χ2v) is 10.7. The van der Waals surface area contributed by atoms with Gasteiger partial charge in [-0.2, -0.15) is 0 Å². The lowest BCUT2D eigenvalue weighted by Crippen LogP contribution is -2.55. The van der Waals surface area contributed by atoms with Gasteiger partial charge in [-0.15, -0.1) is 0 Å². The van der Waals surface area contributed by atoms with Crippen LogP contribution in [0.3, 0.4) is 0 Å². The lowest BCUT2D eigenvalue weighted by Gasteiger charge is -2.36. The zero-order valence-corrected chi connectivity index (χ0v) is 20.8. The molecule has 2 aromatic rings. The summed E-state index contributed by atoms with van der Waals surface area (Å²) in [5, 5.41) is 15.1. The number of benzene rings is 2. The number of ether oxygens (including phenoxy) is 1. The third-order valence-corrected chi connectivity index (χ3v) is 7.54. The number of fused-ring (bicyclic) bond motifs is 3. The molecular weight excluding hydrogens is 444 g/mol. The number of amides is 2. The number of carboxylic acid groups (broad SMARTS) is 1. The summed E-state index contributed by atoms with van der Waals surface area (Å²) in [6, 6.07) is 15.8. The summed E-state index contributed by atoms with van der Waals surface area (Å²) in [6.07, 6.45) is 0.555. The highest BCUT2D eigenvalue weighted by atomic mass is 16.5. The summed E-state index contributed by atoms with van der Waals surface area (Å²) in [7, 11) is 0. The van der Waals surface area contributed by atoms with E-state index in [2.05, 4.69) is 34.9 Å². The molecule has 2 aliphatic rings. The number of carboxylic acids is 1. The van der Waals surface area contributed by atoms with Gasteiger partial charge in [0.1, 0.15) is 6.61 Å². The van der Waals surface area contributed by atoms with Crippen LogP contribution in [0, 0.1) is 16.7 Å². The molecule has 4 rings (SSSR count). The molecule has 0 heterocycles. The van der Waals surface area contributed by atoms with Gasteiger partial charge in [0.15, 0.2) is 0 Å². The standard InChI is InChI=1S/C28H34N2O5/c1-17(2)23(27(3,4)24(31)29-16-28(13-14-28)25(32)33)30-26(34)35-15-22-20-11-7-5-9-18(20)19-10-6-8-12-21(19)22/h5-12,17,22-23H,13-16H2,1-4H3,(H,29,31)(H,30,34)(H,32,33). The molecule has 0 aliphatic heterocycles. The van der Waals surface area contributed by atoms with Gasteiger partial charge >= 0.3 is 12.1 Å². The topological polar surface area (TPSA) is 105 Å². The molecule has 0 spiro atoms. The van der Waals surface area contributed by atoms with Gasteiger partial charge in [-0.25, -0.2) is 4.79 Å². The van der Waals surface area contributed by atoms with E-state index in [0.717, 1.165) is 22.3 Å². The molecule has 3 N–H and O–H groups in total. The second kappa shape index (κ2) is 9.36. The summed E-state index contributed by atoms with van der Waals surface area (Å²) in [6.45, 7) is 7.68. The highest BCUT2D eigenvalue weighted by Gasteiger charge is 2.51. The van der Waals surface area contributed by atoms with Crippen molar-refractivity contribution in [3.8, 4) is 11.1 Å². The van der Waals surface area contributed by atoms with Crippen LogP contribution in [-0.2, 0) is 14.3 Å². The van der Waals surface area contributed by atoms with Crippen LogP contribution in [0.2, 0.25) is 0 Å². The van der Waals surface area contributed by atoms with Crippen molar-refractivity contribution in [1.82, 2.24) is 10.6 Å². The molecular formula is C28H34N2O5. The van der Waals surface area contributed by atoms with Crippen molar-refractivity contribution in [2.24, 2.45) is 16.7 Å². The van der Waals surface area contributed by atoms with Crippen LogP contribution in [0.15, 0.2) is 48.5 Å². The summed E-state index contributed by atoms with van der Waals surface area (Å²) in [5.74, 6) is -1.27. The number of carbonyl (C=O) groups is 3. The number of carbonyl (C=O) groups excluding carboxylic acids is 2. The molecule has 7 heteroatoms. The van der Waals surface area contributed by atoms with Crippen LogP contribution in [-0.4, -0.2) is 42.3 Å². The maximum atomic E-state index is 13.0. The third-order valence-electron chi connectivity index (χ3n) is 7.54. The minimum Gasteiger partial charge on any atom is -0.481 e. The third kappa shape index (κ3) is 4.77. The zero-order valence-electron chi connectivity index (χ0n) is 20.8. The molecule has 1 atom stereocenters. The molecule has 1 unspecified atom stereocenters. The van der Waals surface area contributed by atoms with Crippen molar-refractivity contribution in [2.45, 2.75) is 52.5 Å². The number of alkyl carbamates (subject to hydrolysis) is 1. The van der Waals surface area contributed by atoms with E-state index in [1.54, 1.807) is 13.8 Å². The normalized spacial score (nSPS) is 16.7. The highest BCUT2D eigenvalue weighted by molar-refractivity contribution is 5.85. The average Bonchev–Trinajstić information content (AvgIpc) is 3.56. The first-order chi connectivity index (χ1) is 16.6. The van der Waals surface area contributed by atoms with Crippen molar-refractivity contribution < 1.29 is 24.2 Å². The van der Waals surface area contributed by atoms with E-state index in [0.29, 0.717) is 12.8 Å². The van der Waals surface area contributed by atoms with Crippen molar-refractivity contribution >= 4 is 18.0 Å². The SMILES string of the molecule is CC(C)C(NC(=O)OCC1c2ccccc2-c2ccccc21)C(C)(C)C(=O)NCC1(C(=O)O)CC1. The summed E-state index contributed by atoms with van der Waals surface area (Å²) < 4.78 is 5.69. The highest BCUT2D eigenvalue weighted by Crippen LogP contribution is 2.46. The van der Waals surface area contributed by atoms with E-state index < -0.39 is 28.9 Å². The van der Waals surface area contributed by atoms with Gasteiger partial charge in [0.2, 0.25) is 5.91 Å². The number of aliphatic carboxylic acids is 1. The molecule has 186 valence electrons. The van der Waals surface area contributed by atoms with Crippen LogP contribution >= 0.6 is 0 Å². The molecule has 1 saturated carbocycles. The fourth-order valence-corrected chi connectivity index (χ4v) is 5.18. The van der Waals surface area contributed by atoms with Gasteiger partial charge in [-0.3, -0.25) is 9.59 Å². The van der Waals surface area contributed by atoms with Crippen LogP contribution in [0.1, 0.15) is 57.6 Å². The fourth-order valence-electron chi connectivity index (χ4n) is 5.18. The minimum absolute atomic E-state index is 0.0484. The van der Waals surface area contributed by atoms with Crippen LogP contribution in [0.25, 0.3) is 11.1 Å². The van der Waals surface area contributed by atoms with Crippen LogP contribution in [0.5, 0.6) is 0 Å². The predicted molar refractivity (Wildman–Crippen MR) is 133 cm³/mol.